The van der Waals surface area contributed by atoms with E-state index in [0.29, 0.717) is 6.54 Å². The van der Waals surface area contributed by atoms with Crippen molar-refractivity contribution in [3.63, 3.8) is 0 Å². The van der Waals surface area contributed by atoms with Crippen LogP contribution in [0.4, 0.5) is 4.79 Å². The zero-order valence-corrected chi connectivity index (χ0v) is 14.4. The van der Waals surface area contributed by atoms with Crippen LogP contribution in [0.5, 0.6) is 0 Å². The van der Waals surface area contributed by atoms with Crippen LogP contribution in [0.2, 0.25) is 0 Å². The highest BCUT2D eigenvalue weighted by molar-refractivity contribution is 7.99. The SMILES string of the molecule is CS(=O)(=O)Cc1ccc(CNC(=O)N2CCCSCC2)cc1. The lowest BCUT2D eigenvalue weighted by molar-refractivity contribution is 0.201. The number of urea groups is 1. The van der Waals surface area contributed by atoms with Gasteiger partial charge < -0.3 is 10.2 Å². The van der Waals surface area contributed by atoms with Crippen molar-refractivity contribution in [3.05, 3.63) is 35.4 Å². The van der Waals surface area contributed by atoms with Crippen LogP contribution < -0.4 is 5.32 Å². The Balaban J connectivity index is 1.84. The molecule has 122 valence electrons. The van der Waals surface area contributed by atoms with Crippen molar-refractivity contribution in [1.82, 2.24) is 10.2 Å². The van der Waals surface area contributed by atoms with Gasteiger partial charge in [0.1, 0.15) is 0 Å². The second-order valence-corrected chi connectivity index (χ2v) is 8.86. The van der Waals surface area contributed by atoms with E-state index in [1.807, 2.05) is 28.8 Å². The Labute approximate surface area is 136 Å². The Morgan fingerprint density at radius 2 is 1.86 bits per heavy atom. The Kier molecular flexibility index (Phi) is 6.14. The maximum atomic E-state index is 12.1. The molecule has 0 atom stereocenters. The first-order chi connectivity index (χ1) is 10.4. The number of hydrogen-bond donors (Lipinski definition) is 1. The minimum atomic E-state index is -3.01. The topological polar surface area (TPSA) is 66.5 Å². The van der Waals surface area contributed by atoms with Gasteiger partial charge in [-0.05, 0) is 23.3 Å². The molecule has 0 bridgehead atoms. The van der Waals surface area contributed by atoms with Gasteiger partial charge in [-0.25, -0.2) is 13.2 Å². The van der Waals surface area contributed by atoms with Crippen molar-refractivity contribution in [2.45, 2.75) is 18.7 Å². The minimum Gasteiger partial charge on any atom is -0.334 e. The third-order valence-corrected chi connectivity index (χ3v) is 5.31. The molecule has 0 radical (unpaired) electrons. The highest BCUT2D eigenvalue weighted by Gasteiger charge is 2.14. The van der Waals surface area contributed by atoms with Gasteiger partial charge in [0, 0.05) is 31.6 Å². The monoisotopic (exact) mass is 342 g/mol. The van der Waals surface area contributed by atoms with Gasteiger partial charge in [-0.1, -0.05) is 24.3 Å². The zero-order valence-electron chi connectivity index (χ0n) is 12.7. The maximum Gasteiger partial charge on any atom is 0.317 e. The number of carbonyl (C=O) groups excluding carboxylic acids is 1. The average Bonchev–Trinajstić information content (AvgIpc) is 2.74. The molecule has 1 aromatic carbocycles. The van der Waals surface area contributed by atoms with Crippen molar-refractivity contribution in [3.8, 4) is 0 Å². The smallest absolute Gasteiger partial charge is 0.317 e. The van der Waals surface area contributed by atoms with Crippen LogP contribution in [0.3, 0.4) is 0 Å². The molecule has 7 heteroatoms. The molecule has 0 aliphatic carbocycles. The molecule has 1 fully saturated rings. The summed E-state index contributed by atoms with van der Waals surface area (Å²) in [5.41, 5.74) is 1.73. The lowest BCUT2D eigenvalue weighted by atomic mass is 10.1. The molecule has 1 N–H and O–H groups in total. The van der Waals surface area contributed by atoms with Crippen molar-refractivity contribution in [1.29, 1.82) is 0 Å². The molecule has 2 rings (SSSR count). The van der Waals surface area contributed by atoms with Gasteiger partial charge in [0.25, 0.3) is 0 Å². The summed E-state index contributed by atoms with van der Waals surface area (Å²) in [6, 6.07) is 7.29. The molecule has 0 unspecified atom stereocenters. The first-order valence-electron chi connectivity index (χ1n) is 7.30. The summed E-state index contributed by atoms with van der Waals surface area (Å²) in [6.07, 6.45) is 2.26. The maximum absolute atomic E-state index is 12.1. The van der Waals surface area contributed by atoms with Crippen LogP contribution >= 0.6 is 11.8 Å². The third-order valence-electron chi connectivity index (χ3n) is 3.41. The fourth-order valence-electron chi connectivity index (χ4n) is 2.29. The van der Waals surface area contributed by atoms with Crippen molar-refractivity contribution >= 4 is 27.6 Å². The van der Waals surface area contributed by atoms with E-state index >= 15 is 0 Å². The highest BCUT2D eigenvalue weighted by Crippen LogP contribution is 2.11. The number of carbonyl (C=O) groups is 1. The van der Waals surface area contributed by atoms with E-state index in [4.69, 9.17) is 0 Å². The normalized spacial score (nSPS) is 16.1. The van der Waals surface area contributed by atoms with Crippen LogP contribution in [0, 0.1) is 0 Å². The highest BCUT2D eigenvalue weighted by atomic mass is 32.2. The molecule has 1 aliphatic heterocycles. The van der Waals surface area contributed by atoms with Crippen molar-refractivity contribution < 1.29 is 13.2 Å². The van der Waals surface area contributed by atoms with Crippen LogP contribution in [0.15, 0.2) is 24.3 Å². The molecule has 1 saturated heterocycles. The number of benzene rings is 1. The first kappa shape index (κ1) is 17.1. The van der Waals surface area contributed by atoms with Gasteiger partial charge in [-0.2, -0.15) is 11.8 Å². The molecular weight excluding hydrogens is 320 g/mol. The van der Waals surface area contributed by atoms with Gasteiger partial charge in [-0.15, -0.1) is 0 Å². The zero-order chi connectivity index (χ0) is 16.0. The van der Waals surface area contributed by atoms with Gasteiger partial charge in [0.05, 0.1) is 5.75 Å². The lowest BCUT2D eigenvalue weighted by Gasteiger charge is -2.20. The van der Waals surface area contributed by atoms with Crippen LogP contribution in [-0.2, 0) is 22.1 Å². The summed E-state index contributed by atoms with van der Waals surface area (Å²) in [5.74, 6) is 2.16. The third kappa shape index (κ3) is 5.88. The number of nitrogens with one attached hydrogen (secondary N) is 1. The van der Waals surface area contributed by atoms with Gasteiger partial charge in [0.15, 0.2) is 9.84 Å². The lowest BCUT2D eigenvalue weighted by Crippen LogP contribution is -2.40. The quantitative estimate of drug-likeness (QED) is 0.907. The minimum absolute atomic E-state index is 0.0253. The molecule has 2 amide bonds. The fraction of sp³-hybridized carbons (Fsp3) is 0.533. The Hall–Kier alpha value is -1.21. The summed E-state index contributed by atoms with van der Waals surface area (Å²) in [5, 5.41) is 2.92. The molecular formula is C15H22N2O3S2. The molecule has 0 spiro atoms. The predicted octanol–water partition coefficient (Wildman–Crippen LogP) is 1.88. The van der Waals surface area contributed by atoms with Crippen LogP contribution in [0.25, 0.3) is 0 Å². The number of sulfone groups is 1. The Morgan fingerprint density at radius 1 is 1.18 bits per heavy atom. The van der Waals surface area contributed by atoms with E-state index in [0.717, 1.165) is 42.1 Å². The summed E-state index contributed by atoms with van der Waals surface area (Å²) < 4.78 is 22.5. The number of amides is 2. The molecule has 1 aromatic rings. The molecule has 1 heterocycles. The molecule has 22 heavy (non-hydrogen) atoms. The summed E-state index contributed by atoms with van der Waals surface area (Å²) in [7, 11) is -3.01. The Bertz CT molecular complexity index is 592. The van der Waals surface area contributed by atoms with Gasteiger partial charge in [0.2, 0.25) is 0 Å². The second kappa shape index (κ2) is 7.87. The standard InChI is InChI=1S/C15H22N2O3S2/c1-22(19,20)12-14-5-3-13(4-6-14)11-16-15(18)17-7-2-9-21-10-8-17/h3-6H,2,7-12H2,1H3,(H,16,18). The second-order valence-electron chi connectivity index (χ2n) is 5.50. The van der Waals surface area contributed by atoms with E-state index in [1.165, 1.54) is 6.26 Å². The van der Waals surface area contributed by atoms with Crippen molar-refractivity contribution in [2.24, 2.45) is 0 Å². The fourth-order valence-corrected chi connectivity index (χ4v) is 3.98. The summed E-state index contributed by atoms with van der Waals surface area (Å²) in [4.78, 5) is 14.0. The van der Waals surface area contributed by atoms with E-state index < -0.39 is 9.84 Å². The van der Waals surface area contributed by atoms with E-state index in [9.17, 15) is 13.2 Å². The first-order valence-corrected chi connectivity index (χ1v) is 10.5. The number of hydrogen-bond acceptors (Lipinski definition) is 4. The molecule has 0 saturated carbocycles. The van der Waals surface area contributed by atoms with E-state index in [2.05, 4.69) is 5.32 Å². The molecule has 0 aromatic heterocycles. The average molecular weight is 342 g/mol. The summed E-state index contributed by atoms with van der Waals surface area (Å²) >= 11 is 1.89. The van der Waals surface area contributed by atoms with Gasteiger partial charge in [-0.3, -0.25) is 0 Å². The number of nitrogens with zero attached hydrogens (tertiary/aromatic N) is 1. The molecule has 5 nitrogen and oxygen atoms in total. The predicted molar refractivity (Wildman–Crippen MR) is 90.7 cm³/mol. The van der Waals surface area contributed by atoms with E-state index in [-0.39, 0.29) is 11.8 Å². The van der Waals surface area contributed by atoms with Crippen LogP contribution in [0.1, 0.15) is 17.5 Å². The summed E-state index contributed by atoms with van der Waals surface area (Å²) in [6.45, 7) is 2.07. The molecule has 1 aliphatic rings. The Morgan fingerprint density at radius 3 is 2.55 bits per heavy atom. The van der Waals surface area contributed by atoms with Crippen LogP contribution in [-0.4, -0.2) is 50.2 Å². The largest absolute Gasteiger partial charge is 0.334 e. The number of thioether (sulfide) groups is 1. The van der Waals surface area contributed by atoms with E-state index in [1.54, 1.807) is 12.1 Å². The van der Waals surface area contributed by atoms with Gasteiger partial charge >= 0.3 is 6.03 Å². The van der Waals surface area contributed by atoms with Crippen molar-refractivity contribution in [2.75, 3.05) is 30.9 Å². The number of rotatable bonds is 4.